The van der Waals surface area contributed by atoms with Crippen molar-refractivity contribution in [1.82, 2.24) is 4.98 Å². The van der Waals surface area contributed by atoms with E-state index in [1.165, 1.54) is 4.88 Å². The molecule has 0 saturated carbocycles. The van der Waals surface area contributed by atoms with Gasteiger partial charge in [-0.2, -0.15) is 0 Å². The topological polar surface area (TPSA) is 53.4 Å². The van der Waals surface area contributed by atoms with Crippen LogP contribution in [0.15, 0.2) is 6.20 Å². The van der Waals surface area contributed by atoms with Crippen molar-refractivity contribution in [3.63, 3.8) is 0 Å². The Bertz CT molecular complexity index is 350. The van der Waals surface area contributed by atoms with E-state index in [1.807, 2.05) is 18.0 Å². The van der Waals surface area contributed by atoms with Crippen molar-refractivity contribution < 1.29 is 9.90 Å². The highest BCUT2D eigenvalue weighted by Crippen LogP contribution is 2.27. The molecule has 0 atom stereocenters. The number of carboxylic acid groups (broad SMARTS) is 1. The second-order valence-corrected chi connectivity index (χ2v) is 5.06. The van der Waals surface area contributed by atoms with Crippen LogP contribution in [0.1, 0.15) is 38.0 Å². The number of aliphatic carboxylic acids is 1. The van der Waals surface area contributed by atoms with Crippen LogP contribution in [0.25, 0.3) is 0 Å². The van der Waals surface area contributed by atoms with Crippen molar-refractivity contribution in [3.8, 4) is 0 Å². The lowest BCUT2D eigenvalue weighted by molar-refractivity contribution is -0.135. The molecule has 1 heterocycles. The minimum Gasteiger partial charge on any atom is -0.480 e. The number of nitrogens with zero attached hydrogens (tertiary/aromatic N) is 2. The van der Waals surface area contributed by atoms with Crippen LogP contribution in [0.2, 0.25) is 0 Å². The molecule has 16 heavy (non-hydrogen) atoms. The Hall–Kier alpha value is -1.10. The smallest absolute Gasteiger partial charge is 0.323 e. The van der Waals surface area contributed by atoms with Gasteiger partial charge in [0.25, 0.3) is 0 Å². The van der Waals surface area contributed by atoms with E-state index in [9.17, 15) is 4.79 Å². The Balaban J connectivity index is 2.79. The Morgan fingerprint density at radius 3 is 2.75 bits per heavy atom. The van der Waals surface area contributed by atoms with Crippen molar-refractivity contribution >= 4 is 22.4 Å². The quantitative estimate of drug-likeness (QED) is 0.833. The molecule has 0 aliphatic heterocycles. The second-order valence-electron chi connectivity index (χ2n) is 4.02. The maximum atomic E-state index is 10.7. The third-order valence-corrected chi connectivity index (χ3v) is 3.53. The zero-order chi connectivity index (χ0) is 12.1. The third kappa shape index (κ3) is 3.48. The second kappa shape index (κ2) is 5.84. The van der Waals surface area contributed by atoms with Gasteiger partial charge < -0.3 is 10.0 Å². The molecule has 0 radical (unpaired) electrons. The molecule has 90 valence electrons. The fourth-order valence-electron chi connectivity index (χ4n) is 1.37. The Labute approximate surface area is 99.9 Å². The van der Waals surface area contributed by atoms with E-state index in [1.54, 1.807) is 11.3 Å². The highest BCUT2D eigenvalue weighted by molar-refractivity contribution is 7.15. The SMILES string of the molecule is CCCN(CC(=O)O)c1ncc(C(C)C)s1. The minimum atomic E-state index is -0.810. The van der Waals surface area contributed by atoms with Gasteiger partial charge >= 0.3 is 5.97 Å². The van der Waals surface area contributed by atoms with Crippen molar-refractivity contribution in [2.45, 2.75) is 33.1 Å². The largest absolute Gasteiger partial charge is 0.480 e. The summed E-state index contributed by atoms with van der Waals surface area (Å²) in [6.45, 7) is 7.01. The van der Waals surface area contributed by atoms with Gasteiger partial charge in [-0.25, -0.2) is 4.98 Å². The molecule has 1 aromatic rings. The first kappa shape index (κ1) is 13.0. The van der Waals surface area contributed by atoms with Gasteiger partial charge in [-0.3, -0.25) is 4.79 Å². The van der Waals surface area contributed by atoms with Crippen LogP contribution in [-0.4, -0.2) is 29.1 Å². The zero-order valence-electron chi connectivity index (χ0n) is 9.93. The molecule has 1 N–H and O–H groups in total. The van der Waals surface area contributed by atoms with Gasteiger partial charge in [0, 0.05) is 17.6 Å². The van der Waals surface area contributed by atoms with Crippen LogP contribution in [0.3, 0.4) is 0 Å². The van der Waals surface area contributed by atoms with Crippen LogP contribution in [0, 0.1) is 0 Å². The molecule has 0 aromatic carbocycles. The average Bonchev–Trinajstić information content (AvgIpc) is 2.65. The molecule has 0 unspecified atom stereocenters. The lowest BCUT2D eigenvalue weighted by Crippen LogP contribution is -2.30. The standard InChI is InChI=1S/C11H18N2O2S/c1-4-5-13(7-10(14)15)11-12-6-9(16-11)8(2)3/h6,8H,4-5,7H2,1-3H3,(H,14,15). The summed E-state index contributed by atoms with van der Waals surface area (Å²) in [5.74, 6) is -0.366. The van der Waals surface area contributed by atoms with Crippen LogP contribution < -0.4 is 4.90 Å². The number of aromatic nitrogens is 1. The third-order valence-electron chi connectivity index (χ3n) is 2.17. The highest BCUT2D eigenvalue weighted by Gasteiger charge is 2.14. The van der Waals surface area contributed by atoms with Crippen LogP contribution in [0.4, 0.5) is 5.13 Å². The fourth-order valence-corrected chi connectivity index (χ4v) is 2.31. The van der Waals surface area contributed by atoms with Crippen molar-refractivity contribution in [2.24, 2.45) is 0 Å². The predicted molar refractivity (Wildman–Crippen MR) is 66.3 cm³/mol. The average molecular weight is 242 g/mol. The summed E-state index contributed by atoms with van der Waals surface area (Å²) in [7, 11) is 0. The molecule has 0 aliphatic carbocycles. The number of carboxylic acids is 1. The van der Waals surface area contributed by atoms with Gasteiger partial charge in [-0.05, 0) is 12.3 Å². The molecule has 0 spiro atoms. The first-order valence-electron chi connectivity index (χ1n) is 5.47. The summed E-state index contributed by atoms with van der Waals surface area (Å²) in [6, 6.07) is 0. The Morgan fingerprint density at radius 2 is 2.31 bits per heavy atom. The van der Waals surface area contributed by atoms with Crippen molar-refractivity contribution in [3.05, 3.63) is 11.1 Å². The monoisotopic (exact) mass is 242 g/mol. The van der Waals surface area contributed by atoms with Crippen molar-refractivity contribution in [1.29, 1.82) is 0 Å². The molecule has 0 amide bonds. The van der Waals surface area contributed by atoms with Gasteiger partial charge in [0.2, 0.25) is 0 Å². The molecule has 1 aromatic heterocycles. The van der Waals surface area contributed by atoms with E-state index in [2.05, 4.69) is 18.8 Å². The normalized spacial score (nSPS) is 10.8. The van der Waals surface area contributed by atoms with E-state index in [-0.39, 0.29) is 6.54 Å². The molecule has 1 rings (SSSR count). The highest BCUT2D eigenvalue weighted by atomic mass is 32.1. The Morgan fingerprint density at radius 1 is 1.62 bits per heavy atom. The van der Waals surface area contributed by atoms with Crippen LogP contribution >= 0.6 is 11.3 Å². The van der Waals surface area contributed by atoms with Gasteiger partial charge in [-0.15, -0.1) is 11.3 Å². The number of hydrogen-bond acceptors (Lipinski definition) is 4. The molecule has 5 heteroatoms. The van der Waals surface area contributed by atoms with Gasteiger partial charge in [0.15, 0.2) is 5.13 Å². The predicted octanol–water partition coefficient (Wildman–Crippen LogP) is 2.57. The number of thiazole rings is 1. The summed E-state index contributed by atoms with van der Waals surface area (Å²) in [6.07, 6.45) is 2.76. The summed E-state index contributed by atoms with van der Waals surface area (Å²) in [5.41, 5.74) is 0. The van der Waals surface area contributed by atoms with Gasteiger partial charge in [-0.1, -0.05) is 20.8 Å². The maximum Gasteiger partial charge on any atom is 0.323 e. The van der Waals surface area contributed by atoms with Crippen molar-refractivity contribution in [2.75, 3.05) is 18.0 Å². The van der Waals surface area contributed by atoms with Gasteiger partial charge in [0.05, 0.1) is 0 Å². The molecule has 0 saturated heterocycles. The minimum absolute atomic E-state index is 0.0267. The zero-order valence-corrected chi connectivity index (χ0v) is 10.8. The first-order valence-corrected chi connectivity index (χ1v) is 6.28. The van der Waals surface area contributed by atoms with E-state index < -0.39 is 5.97 Å². The molecular weight excluding hydrogens is 224 g/mol. The Kier molecular flexibility index (Phi) is 4.73. The van der Waals surface area contributed by atoms with E-state index in [0.29, 0.717) is 5.92 Å². The fraction of sp³-hybridized carbons (Fsp3) is 0.636. The molecule has 0 fully saturated rings. The molecule has 4 nitrogen and oxygen atoms in total. The van der Waals surface area contributed by atoms with Crippen LogP contribution in [-0.2, 0) is 4.79 Å². The maximum absolute atomic E-state index is 10.7. The molecule has 0 bridgehead atoms. The molecular formula is C11H18N2O2S. The van der Waals surface area contributed by atoms with E-state index in [0.717, 1.165) is 18.1 Å². The summed E-state index contributed by atoms with van der Waals surface area (Å²) in [5, 5.41) is 9.64. The lowest BCUT2D eigenvalue weighted by atomic mass is 10.2. The van der Waals surface area contributed by atoms with Crippen LogP contribution in [0.5, 0.6) is 0 Å². The molecule has 0 aliphatic rings. The number of hydrogen-bond donors (Lipinski definition) is 1. The summed E-state index contributed by atoms with van der Waals surface area (Å²) < 4.78 is 0. The number of anilines is 1. The number of carbonyl (C=O) groups is 1. The first-order chi connectivity index (χ1) is 7.54. The van der Waals surface area contributed by atoms with E-state index >= 15 is 0 Å². The van der Waals surface area contributed by atoms with E-state index in [4.69, 9.17) is 5.11 Å². The summed E-state index contributed by atoms with van der Waals surface area (Å²) in [4.78, 5) is 18.0. The summed E-state index contributed by atoms with van der Waals surface area (Å²) >= 11 is 1.58. The van der Waals surface area contributed by atoms with Gasteiger partial charge in [0.1, 0.15) is 6.54 Å². The lowest BCUT2D eigenvalue weighted by Gasteiger charge is -2.18. The number of rotatable bonds is 6.